The van der Waals surface area contributed by atoms with Gasteiger partial charge in [-0.25, -0.2) is 4.39 Å². The lowest BCUT2D eigenvalue weighted by Crippen LogP contribution is -2.50. The van der Waals surface area contributed by atoms with Crippen molar-refractivity contribution in [1.82, 2.24) is 4.90 Å². The molecule has 1 aromatic rings. The van der Waals surface area contributed by atoms with Gasteiger partial charge >= 0.3 is 0 Å². The highest BCUT2D eigenvalue weighted by atomic mass is 19.1. The lowest BCUT2D eigenvalue weighted by atomic mass is 10.2. The van der Waals surface area contributed by atoms with E-state index in [1.54, 1.807) is 17.0 Å². The second kappa shape index (κ2) is 7.38. The number of para-hydroxylation sites is 1. The number of amides is 1. The molecule has 0 aromatic heterocycles. The molecule has 0 aliphatic carbocycles. The van der Waals surface area contributed by atoms with E-state index < -0.39 is 5.82 Å². The molecule has 1 aliphatic rings. The summed E-state index contributed by atoms with van der Waals surface area (Å²) in [5.41, 5.74) is 0. The summed E-state index contributed by atoms with van der Waals surface area (Å²) < 4.78 is 24.1. The summed E-state index contributed by atoms with van der Waals surface area (Å²) in [6.45, 7) is 2.74. The summed E-state index contributed by atoms with van der Waals surface area (Å²) >= 11 is 0. The van der Waals surface area contributed by atoms with Gasteiger partial charge in [0.15, 0.2) is 11.6 Å². The van der Waals surface area contributed by atoms with Gasteiger partial charge in [-0.15, -0.1) is 0 Å². The molecule has 6 heteroatoms. The van der Waals surface area contributed by atoms with Gasteiger partial charge in [0.2, 0.25) is 5.91 Å². The van der Waals surface area contributed by atoms with Crippen LogP contribution < -0.4 is 4.74 Å². The van der Waals surface area contributed by atoms with E-state index in [2.05, 4.69) is 0 Å². The standard InChI is InChI=1S/C15H20FNO4/c1-11-8-17(9-12(10-18)21-11)15(19)6-7-20-14-5-3-2-4-13(14)16/h2-5,11-12,18H,6-10H2,1H3. The minimum absolute atomic E-state index is 0.0834. The number of hydrogen-bond donors (Lipinski definition) is 1. The average molecular weight is 297 g/mol. The Morgan fingerprint density at radius 2 is 2.24 bits per heavy atom. The molecule has 21 heavy (non-hydrogen) atoms. The Balaban J connectivity index is 1.80. The third-order valence-corrected chi connectivity index (χ3v) is 3.29. The largest absolute Gasteiger partial charge is 0.490 e. The topological polar surface area (TPSA) is 59.0 Å². The van der Waals surface area contributed by atoms with Crippen molar-refractivity contribution in [2.24, 2.45) is 0 Å². The molecule has 5 nitrogen and oxygen atoms in total. The third-order valence-electron chi connectivity index (χ3n) is 3.29. The van der Waals surface area contributed by atoms with Crippen LogP contribution in [-0.4, -0.2) is 54.4 Å². The Labute approximate surface area is 123 Å². The van der Waals surface area contributed by atoms with E-state index in [0.29, 0.717) is 13.1 Å². The number of rotatable bonds is 5. The lowest BCUT2D eigenvalue weighted by molar-refractivity contribution is -0.147. The Hall–Kier alpha value is -1.66. The van der Waals surface area contributed by atoms with Crippen molar-refractivity contribution >= 4 is 5.91 Å². The molecule has 1 aliphatic heterocycles. The molecule has 0 radical (unpaired) electrons. The van der Waals surface area contributed by atoms with E-state index in [-0.39, 0.29) is 43.5 Å². The Morgan fingerprint density at radius 1 is 1.48 bits per heavy atom. The van der Waals surface area contributed by atoms with Crippen molar-refractivity contribution in [3.8, 4) is 5.75 Å². The zero-order valence-corrected chi connectivity index (χ0v) is 12.0. The molecule has 1 saturated heterocycles. The van der Waals surface area contributed by atoms with Crippen molar-refractivity contribution in [2.45, 2.75) is 25.6 Å². The molecule has 116 valence electrons. The average Bonchev–Trinajstić information content (AvgIpc) is 2.48. The van der Waals surface area contributed by atoms with Gasteiger partial charge in [-0.3, -0.25) is 4.79 Å². The van der Waals surface area contributed by atoms with E-state index in [1.165, 1.54) is 12.1 Å². The summed E-state index contributed by atoms with van der Waals surface area (Å²) in [5, 5.41) is 9.13. The Morgan fingerprint density at radius 3 is 2.95 bits per heavy atom. The second-order valence-corrected chi connectivity index (χ2v) is 5.08. The van der Waals surface area contributed by atoms with E-state index in [9.17, 15) is 9.18 Å². The van der Waals surface area contributed by atoms with Gasteiger partial charge in [0, 0.05) is 13.1 Å². The first-order valence-corrected chi connectivity index (χ1v) is 7.01. The predicted molar refractivity (Wildman–Crippen MR) is 74.5 cm³/mol. The van der Waals surface area contributed by atoms with Crippen molar-refractivity contribution < 1.29 is 23.8 Å². The Bertz CT molecular complexity index is 482. The fourth-order valence-corrected chi connectivity index (χ4v) is 2.32. The van der Waals surface area contributed by atoms with Crippen LogP contribution in [0.5, 0.6) is 5.75 Å². The molecule has 1 amide bonds. The van der Waals surface area contributed by atoms with Crippen LogP contribution in [0.2, 0.25) is 0 Å². The number of carbonyl (C=O) groups excluding carboxylic acids is 1. The number of halogens is 1. The van der Waals surface area contributed by atoms with Crippen LogP contribution in [0.3, 0.4) is 0 Å². The van der Waals surface area contributed by atoms with Gasteiger partial charge in [0.1, 0.15) is 0 Å². The van der Waals surface area contributed by atoms with E-state index >= 15 is 0 Å². The number of aliphatic hydroxyl groups excluding tert-OH is 1. The van der Waals surface area contributed by atoms with Gasteiger partial charge in [0.25, 0.3) is 0 Å². The minimum Gasteiger partial charge on any atom is -0.490 e. The summed E-state index contributed by atoms with van der Waals surface area (Å²) in [7, 11) is 0. The quantitative estimate of drug-likeness (QED) is 0.887. The van der Waals surface area contributed by atoms with Crippen LogP contribution in [0.1, 0.15) is 13.3 Å². The maximum Gasteiger partial charge on any atom is 0.226 e. The van der Waals surface area contributed by atoms with Crippen molar-refractivity contribution in [3.05, 3.63) is 30.1 Å². The number of hydrogen-bond acceptors (Lipinski definition) is 4. The molecule has 0 spiro atoms. The van der Waals surface area contributed by atoms with Crippen molar-refractivity contribution in [1.29, 1.82) is 0 Å². The molecule has 1 N–H and O–H groups in total. The van der Waals surface area contributed by atoms with Crippen LogP contribution in [0.4, 0.5) is 4.39 Å². The van der Waals surface area contributed by atoms with Gasteiger partial charge < -0.3 is 19.5 Å². The molecule has 1 aromatic carbocycles. The molecular formula is C15H20FNO4. The van der Waals surface area contributed by atoms with E-state index in [4.69, 9.17) is 14.6 Å². The van der Waals surface area contributed by atoms with Crippen molar-refractivity contribution in [3.63, 3.8) is 0 Å². The summed E-state index contributed by atoms with van der Waals surface area (Å²) in [5.74, 6) is -0.376. The maximum atomic E-state index is 13.4. The molecule has 2 rings (SSSR count). The predicted octanol–water partition coefficient (Wildman–Crippen LogP) is 1.20. The number of aliphatic hydroxyl groups is 1. The van der Waals surface area contributed by atoms with E-state index in [0.717, 1.165) is 0 Å². The molecule has 2 atom stereocenters. The highest BCUT2D eigenvalue weighted by Gasteiger charge is 2.27. The number of benzene rings is 1. The fraction of sp³-hybridized carbons (Fsp3) is 0.533. The van der Waals surface area contributed by atoms with Crippen molar-refractivity contribution in [2.75, 3.05) is 26.3 Å². The zero-order valence-electron chi connectivity index (χ0n) is 12.0. The van der Waals surface area contributed by atoms with Crippen LogP contribution in [0, 0.1) is 5.82 Å². The third kappa shape index (κ3) is 4.41. The van der Waals surface area contributed by atoms with Gasteiger partial charge in [-0.05, 0) is 19.1 Å². The number of nitrogens with zero attached hydrogens (tertiary/aromatic N) is 1. The highest BCUT2D eigenvalue weighted by molar-refractivity contribution is 5.76. The van der Waals surface area contributed by atoms with Crippen LogP contribution >= 0.6 is 0 Å². The SMILES string of the molecule is CC1CN(C(=O)CCOc2ccccc2F)CC(CO)O1. The number of ether oxygens (including phenoxy) is 2. The minimum atomic E-state index is -0.440. The molecular weight excluding hydrogens is 277 g/mol. The van der Waals surface area contributed by atoms with Gasteiger partial charge in [-0.1, -0.05) is 12.1 Å². The smallest absolute Gasteiger partial charge is 0.226 e. The Kier molecular flexibility index (Phi) is 5.52. The maximum absolute atomic E-state index is 13.4. The van der Waals surface area contributed by atoms with E-state index in [1.807, 2.05) is 6.92 Å². The lowest BCUT2D eigenvalue weighted by Gasteiger charge is -2.36. The van der Waals surface area contributed by atoms with Gasteiger partial charge in [0.05, 0.1) is 31.8 Å². The molecule has 0 bridgehead atoms. The van der Waals surface area contributed by atoms with Crippen LogP contribution in [0.15, 0.2) is 24.3 Å². The first-order valence-electron chi connectivity index (χ1n) is 7.01. The van der Waals surface area contributed by atoms with Crippen LogP contribution in [0.25, 0.3) is 0 Å². The van der Waals surface area contributed by atoms with Crippen LogP contribution in [-0.2, 0) is 9.53 Å². The highest BCUT2D eigenvalue weighted by Crippen LogP contribution is 2.16. The molecule has 2 unspecified atom stereocenters. The molecule has 1 heterocycles. The number of carbonyl (C=O) groups is 1. The zero-order chi connectivity index (χ0) is 15.2. The van der Waals surface area contributed by atoms with Gasteiger partial charge in [-0.2, -0.15) is 0 Å². The fourth-order valence-electron chi connectivity index (χ4n) is 2.32. The first kappa shape index (κ1) is 15.7. The number of morpholine rings is 1. The second-order valence-electron chi connectivity index (χ2n) is 5.08. The summed E-state index contributed by atoms with van der Waals surface area (Å²) in [6.07, 6.45) is -0.281. The summed E-state index contributed by atoms with van der Waals surface area (Å²) in [6, 6.07) is 6.10. The summed E-state index contributed by atoms with van der Waals surface area (Å²) in [4.78, 5) is 13.7. The monoisotopic (exact) mass is 297 g/mol. The normalized spacial score (nSPS) is 22.1. The molecule has 1 fully saturated rings. The first-order chi connectivity index (χ1) is 10.1. The molecule has 0 saturated carbocycles.